The molecule has 9 heteroatoms. The van der Waals surface area contributed by atoms with Gasteiger partial charge in [-0.2, -0.15) is 10.2 Å². The number of nitrogens with zero attached hydrogens (tertiary/aromatic N) is 5. The van der Waals surface area contributed by atoms with Gasteiger partial charge in [-0.1, -0.05) is 48.5 Å². The van der Waals surface area contributed by atoms with Crippen molar-refractivity contribution in [1.82, 2.24) is 24.5 Å². The third-order valence-electron chi connectivity index (χ3n) is 5.44. The molecule has 5 aromatic rings. The van der Waals surface area contributed by atoms with E-state index in [0.717, 1.165) is 11.1 Å². The number of aromatic nitrogens is 5. The van der Waals surface area contributed by atoms with Gasteiger partial charge in [-0.25, -0.2) is 14.3 Å². The molecule has 178 valence electrons. The highest BCUT2D eigenvalue weighted by atomic mass is 16.2. The lowest BCUT2D eigenvalue weighted by atomic mass is 10.1. The van der Waals surface area contributed by atoms with Gasteiger partial charge in [-0.05, 0) is 41.5 Å². The number of hydrogen-bond donors (Lipinski definition) is 2. The van der Waals surface area contributed by atoms with Crippen LogP contribution < -0.4 is 10.6 Å². The van der Waals surface area contributed by atoms with Crippen molar-refractivity contribution in [2.24, 2.45) is 0 Å². The van der Waals surface area contributed by atoms with Crippen molar-refractivity contribution in [3.63, 3.8) is 0 Å². The molecule has 36 heavy (non-hydrogen) atoms. The number of anilines is 2. The van der Waals surface area contributed by atoms with Gasteiger partial charge in [0, 0.05) is 11.3 Å². The van der Waals surface area contributed by atoms with Gasteiger partial charge in [0.25, 0.3) is 5.91 Å². The summed E-state index contributed by atoms with van der Waals surface area (Å²) in [4.78, 5) is 29.2. The Balaban J connectivity index is 1.24. The fraction of sp³-hybridized carbons (Fsp3) is 0.0741. The van der Waals surface area contributed by atoms with E-state index in [9.17, 15) is 9.59 Å². The second-order valence-electron chi connectivity index (χ2n) is 8.18. The molecule has 0 bridgehead atoms. The Hall–Kier alpha value is -5.05. The molecule has 5 rings (SSSR count). The minimum Gasteiger partial charge on any atom is -0.323 e. The quantitative estimate of drug-likeness (QED) is 0.352. The molecule has 0 radical (unpaired) electrons. The zero-order valence-corrected chi connectivity index (χ0v) is 19.3. The molecule has 0 saturated carbocycles. The molecule has 0 atom stereocenters. The van der Waals surface area contributed by atoms with Crippen molar-refractivity contribution in [2.75, 3.05) is 10.6 Å². The number of hydrogen-bond acceptors (Lipinski definition) is 5. The lowest BCUT2D eigenvalue weighted by Gasteiger charge is -2.09. The monoisotopic (exact) mass is 477 g/mol. The first-order valence-electron chi connectivity index (χ1n) is 11.3. The molecule has 0 saturated heterocycles. The largest absolute Gasteiger partial charge is 0.323 e. The second kappa shape index (κ2) is 10.5. The molecule has 0 aliphatic carbocycles. The van der Waals surface area contributed by atoms with Gasteiger partial charge in [0.2, 0.25) is 5.91 Å². The second-order valence-corrected chi connectivity index (χ2v) is 8.18. The zero-order chi connectivity index (χ0) is 24.7. The molecule has 2 amide bonds. The summed E-state index contributed by atoms with van der Waals surface area (Å²) >= 11 is 0. The predicted molar refractivity (Wildman–Crippen MR) is 136 cm³/mol. The van der Waals surface area contributed by atoms with Crippen LogP contribution in [0.4, 0.5) is 11.4 Å². The summed E-state index contributed by atoms with van der Waals surface area (Å²) in [6.07, 6.45) is 6.71. The normalized spacial score (nSPS) is 10.7. The Kier molecular flexibility index (Phi) is 6.61. The van der Waals surface area contributed by atoms with E-state index in [-0.39, 0.29) is 18.2 Å². The number of rotatable bonds is 8. The number of carbonyl (C=O) groups is 2. The van der Waals surface area contributed by atoms with E-state index in [4.69, 9.17) is 0 Å². The third kappa shape index (κ3) is 5.71. The maximum atomic E-state index is 12.9. The average molecular weight is 478 g/mol. The van der Waals surface area contributed by atoms with Crippen molar-refractivity contribution >= 4 is 23.2 Å². The van der Waals surface area contributed by atoms with Crippen LogP contribution in [0.15, 0.2) is 104 Å². The Morgan fingerprint density at radius 2 is 1.64 bits per heavy atom. The van der Waals surface area contributed by atoms with Crippen LogP contribution in [-0.4, -0.2) is 36.4 Å². The topological polar surface area (TPSA) is 107 Å². The number of nitrogens with one attached hydrogen (secondary N) is 2. The first kappa shape index (κ1) is 22.7. The van der Waals surface area contributed by atoms with Crippen LogP contribution in [0.2, 0.25) is 0 Å². The highest BCUT2D eigenvalue weighted by molar-refractivity contribution is 6.04. The van der Waals surface area contributed by atoms with Crippen LogP contribution in [-0.2, 0) is 17.8 Å². The van der Waals surface area contributed by atoms with Crippen LogP contribution >= 0.6 is 0 Å². The van der Waals surface area contributed by atoms with Gasteiger partial charge < -0.3 is 10.6 Å². The lowest BCUT2D eigenvalue weighted by Crippen LogP contribution is -2.14. The number of amides is 2. The summed E-state index contributed by atoms with van der Waals surface area (Å²) in [6.45, 7) is 0.558. The highest BCUT2D eigenvalue weighted by Gasteiger charge is 2.11. The highest BCUT2D eigenvalue weighted by Crippen LogP contribution is 2.17. The summed E-state index contributed by atoms with van der Waals surface area (Å²) in [6, 6.07) is 24.3. The maximum Gasteiger partial charge on any atom is 0.255 e. The van der Waals surface area contributed by atoms with E-state index in [1.165, 1.54) is 6.33 Å². The van der Waals surface area contributed by atoms with Gasteiger partial charge in [0.05, 0.1) is 36.7 Å². The zero-order valence-electron chi connectivity index (χ0n) is 19.3. The van der Waals surface area contributed by atoms with E-state index < -0.39 is 0 Å². The molecule has 0 fully saturated rings. The first-order chi connectivity index (χ1) is 17.6. The van der Waals surface area contributed by atoms with Crippen LogP contribution in [0, 0.1) is 0 Å². The molecule has 0 spiro atoms. The standard InChI is InChI=1S/C27H23N7O2/c35-26(13-20-6-2-1-3-7-20)31-24-15-29-34(17-24)25-11-5-9-22(14-25)27(36)32-23-10-4-8-21(12-23)16-33-19-28-18-30-33/h1-12,14-15,17-19H,13,16H2,(H,31,35)(H,32,36). The van der Waals surface area contributed by atoms with E-state index in [0.29, 0.717) is 29.2 Å². The molecule has 3 aromatic carbocycles. The van der Waals surface area contributed by atoms with Gasteiger partial charge in [0.15, 0.2) is 0 Å². The molecule has 2 N–H and O–H groups in total. The molecule has 2 aromatic heterocycles. The van der Waals surface area contributed by atoms with Crippen molar-refractivity contribution < 1.29 is 9.59 Å². The van der Waals surface area contributed by atoms with Crippen LogP contribution in [0.3, 0.4) is 0 Å². The fourth-order valence-electron chi connectivity index (χ4n) is 3.76. The Morgan fingerprint density at radius 1 is 0.806 bits per heavy atom. The molecular weight excluding hydrogens is 454 g/mol. The summed E-state index contributed by atoms with van der Waals surface area (Å²) in [5, 5.41) is 14.2. The van der Waals surface area contributed by atoms with Crippen LogP contribution in [0.25, 0.3) is 5.69 Å². The molecule has 0 unspecified atom stereocenters. The third-order valence-corrected chi connectivity index (χ3v) is 5.44. The first-order valence-corrected chi connectivity index (χ1v) is 11.3. The maximum absolute atomic E-state index is 12.9. The smallest absolute Gasteiger partial charge is 0.255 e. The summed E-state index contributed by atoms with van der Waals surface area (Å²) in [5.41, 5.74) is 4.38. The van der Waals surface area contributed by atoms with Gasteiger partial charge >= 0.3 is 0 Å². The van der Waals surface area contributed by atoms with Crippen molar-refractivity contribution in [2.45, 2.75) is 13.0 Å². The van der Waals surface area contributed by atoms with Gasteiger partial charge in [0.1, 0.15) is 12.7 Å². The Morgan fingerprint density at radius 3 is 2.47 bits per heavy atom. The van der Waals surface area contributed by atoms with E-state index in [1.807, 2.05) is 60.7 Å². The van der Waals surface area contributed by atoms with E-state index >= 15 is 0 Å². The average Bonchev–Trinajstić information content (AvgIpc) is 3.57. The fourth-order valence-corrected chi connectivity index (χ4v) is 3.76. The van der Waals surface area contributed by atoms with Crippen LogP contribution in [0.1, 0.15) is 21.5 Å². The van der Waals surface area contributed by atoms with Gasteiger partial charge in [-0.15, -0.1) is 0 Å². The lowest BCUT2D eigenvalue weighted by molar-refractivity contribution is -0.115. The minimum atomic E-state index is -0.238. The predicted octanol–water partition coefficient (Wildman–Crippen LogP) is 3.95. The number of carbonyl (C=O) groups excluding carboxylic acids is 2. The van der Waals surface area contributed by atoms with E-state index in [2.05, 4.69) is 25.8 Å². The van der Waals surface area contributed by atoms with Crippen molar-refractivity contribution in [3.8, 4) is 5.69 Å². The molecular formula is C27H23N7O2. The van der Waals surface area contributed by atoms with Crippen LogP contribution in [0.5, 0.6) is 0 Å². The van der Waals surface area contributed by atoms with E-state index in [1.54, 1.807) is 46.3 Å². The molecule has 2 heterocycles. The van der Waals surface area contributed by atoms with Crippen molar-refractivity contribution in [1.29, 1.82) is 0 Å². The molecule has 0 aliphatic rings. The van der Waals surface area contributed by atoms with Crippen molar-refractivity contribution in [3.05, 3.63) is 121 Å². The van der Waals surface area contributed by atoms with Gasteiger partial charge in [-0.3, -0.25) is 9.59 Å². The molecule has 0 aliphatic heterocycles. The minimum absolute atomic E-state index is 0.125. The summed E-state index contributed by atoms with van der Waals surface area (Å²) < 4.78 is 3.33. The Bertz CT molecular complexity index is 1480. The molecule has 9 nitrogen and oxygen atoms in total. The SMILES string of the molecule is O=C(Cc1ccccc1)Nc1cnn(-c2cccc(C(=O)Nc3cccc(Cn4cncn4)c3)c2)c1. The summed E-state index contributed by atoms with van der Waals surface area (Å²) in [5.74, 6) is -0.363. The Labute approximate surface area is 207 Å². The number of benzene rings is 3. The summed E-state index contributed by atoms with van der Waals surface area (Å²) in [7, 11) is 0.